The first-order chi connectivity index (χ1) is 8.74. The van der Waals surface area contributed by atoms with Gasteiger partial charge in [-0.1, -0.05) is 18.2 Å². The van der Waals surface area contributed by atoms with E-state index < -0.39 is 0 Å². The van der Waals surface area contributed by atoms with Crippen molar-refractivity contribution in [3.05, 3.63) is 41.7 Å². The van der Waals surface area contributed by atoms with Crippen LogP contribution in [0.25, 0.3) is 0 Å². The van der Waals surface area contributed by atoms with E-state index in [4.69, 9.17) is 4.74 Å². The van der Waals surface area contributed by atoms with E-state index in [2.05, 4.69) is 22.5 Å². The van der Waals surface area contributed by atoms with Gasteiger partial charge < -0.3 is 10.1 Å². The Hall–Kier alpha value is -1.97. The number of aryl methyl sites for hydroxylation is 2. The van der Waals surface area contributed by atoms with Crippen LogP contribution >= 0.6 is 0 Å². The van der Waals surface area contributed by atoms with Crippen molar-refractivity contribution >= 4 is 5.69 Å². The third kappa shape index (κ3) is 1.94. The van der Waals surface area contributed by atoms with E-state index in [1.165, 1.54) is 5.56 Å². The first kappa shape index (κ1) is 11.1. The van der Waals surface area contributed by atoms with Gasteiger partial charge in [0.2, 0.25) is 0 Å². The summed E-state index contributed by atoms with van der Waals surface area (Å²) in [4.78, 5) is 0. The van der Waals surface area contributed by atoms with Gasteiger partial charge in [0.05, 0.1) is 24.0 Å². The molecule has 1 aliphatic rings. The topological polar surface area (TPSA) is 39.1 Å². The highest BCUT2D eigenvalue weighted by Gasteiger charge is 2.21. The van der Waals surface area contributed by atoms with Gasteiger partial charge in [-0.25, -0.2) is 0 Å². The fourth-order valence-corrected chi connectivity index (χ4v) is 2.42. The summed E-state index contributed by atoms with van der Waals surface area (Å²) < 4.78 is 7.50. The summed E-state index contributed by atoms with van der Waals surface area (Å²) >= 11 is 0. The monoisotopic (exact) mass is 243 g/mol. The first-order valence-electron chi connectivity index (χ1n) is 6.22. The Morgan fingerprint density at radius 3 is 3.00 bits per heavy atom. The third-order valence-electron chi connectivity index (χ3n) is 3.30. The van der Waals surface area contributed by atoms with Crippen molar-refractivity contribution in [2.24, 2.45) is 7.05 Å². The Kier molecular flexibility index (Phi) is 2.70. The van der Waals surface area contributed by atoms with Crippen molar-refractivity contribution in [1.82, 2.24) is 9.78 Å². The van der Waals surface area contributed by atoms with Crippen molar-refractivity contribution in [2.45, 2.75) is 19.4 Å². The van der Waals surface area contributed by atoms with Crippen molar-refractivity contribution in [3.8, 4) is 5.75 Å². The van der Waals surface area contributed by atoms with Crippen LogP contribution in [0.15, 0.2) is 30.5 Å². The Morgan fingerprint density at radius 2 is 2.22 bits per heavy atom. The molecule has 1 aliphatic heterocycles. The number of nitrogens with one attached hydrogen (secondary N) is 1. The molecule has 1 aromatic carbocycles. The number of rotatable bonds is 2. The molecule has 0 spiro atoms. The van der Waals surface area contributed by atoms with E-state index in [1.807, 2.05) is 37.0 Å². The van der Waals surface area contributed by atoms with Crippen molar-refractivity contribution in [3.63, 3.8) is 0 Å². The molecule has 0 aliphatic carbocycles. The molecule has 94 valence electrons. The average Bonchev–Trinajstić information content (AvgIpc) is 2.68. The van der Waals surface area contributed by atoms with Crippen LogP contribution in [-0.2, 0) is 7.05 Å². The van der Waals surface area contributed by atoms with Crippen LogP contribution < -0.4 is 10.1 Å². The molecule has 1 unspecified atom stereocenters. The Bertz CT molecular complexity index is 562. The molecule has 3 rings (SSSR count). The Morgan fingerprint density at radius 1 is 1.39 bits per heavy atom. The Labute approximate surface area is 107 Å². The third-order valence-corrected chi connectivity index (χ3v) is 3.30. The number of para-hydroxylation sites is 1. The zero-order chi connectivity index (χ0) is 12.5. The predicted octanol–water partition coefficient (Wildman–Crippen LogP) is 2.66. The van der Waals surface area contributed by atoms with Gasteiger partial charge in [-0.3, -0.25) is 4.68 Å². The number of anilines is 1. The molecule has 18 heavy (non-hydrogen) atoms. The summed E-state index contributed by atoms with van der Waals surface area (Å²) in [7, 11) is 1.94. The van der Waals surface area contributed by atoms with Crippen LogP contribution in [0.1, 0.15) is 23.7 Å². The molecule has 0 fully saturated rings. The van der Waals surface area contributed by atoms with E-state index in [0.29, 0.717) is 6.04 Å². The van der Waals surface area contributed by atoms with Crippen LogP contribution in [0.4, 0.5) is 5.69 Å². The second-order valence-corrected chi connectivity index (χ2v) is 4.67. The van der Waals surface area contributed by atoms with Crippen LogP contribution in [0.2, 0.25) is 0 Å². The van der Waals surface area contributed by atoms with Gasteiger partial charge in [-0.15, -0.1) is 0 Å². The number of aromatic nitrogens is 2. The lowest BCUT2D eigenvalue weighted by molar-refractivity contribution is 0.274. The minimum atomic E-state index is 0.304. The lowest BCUT2D eigenvalue weighted by Gasteiger charge is -2.27. The largest absolute Gasteiger partial charge is 0.493 e. The lowest BCUT2D eigenvalue weighted by Crippen LogP contribution is -2.20. The molecule has 0 bridgehead atoms. The van der Waals surface area contributed by atoms with Crippen LogP contribution in [0.5, 0.6) is 5.75 Å². The summed E-state index contributed by atoms with van der Waals surface area (Å²) in [5, 5.41) is 7.92. The molecule has 2 heterocycles. The summed E-state index contributed by atoms with van der Waals surface area (Å²) in [5.41, 5.74) is 3.35. The van der Waals surface area contributed by atoms with Crippen molar-refractivity contribution in [1.29, 1.82) is 0 Å². The quantitative estimate of drug-likeness (QED) is 0.881. The maximum Gasteiger partial charge on any atom is 0.124 e. The number of fused-ring (bicyclic) bond motifs is 1. The number of ether oxygens (including phenoxy) is 1. The lowest BCUT2D eigenvalue weighted by atomic mass is 10.0. The zero-order valence-corrected chi connectivity index (χ0v) is 10.7. The molecule has 0 saturated carbocycles. The number of hydrogen-bond acceptors (Lipinski definition) is 3. The average molecular weight is 243 g/mol. The highest BCUT2D eigenvalue weighted by Crippen LogP contribution is 2.34. The van der Waals surface area contributed by atoms with E-state index in [0.717, 1.165) is 30.2 Å². The molecule has 0 radical (unpaired) electrons. The molecule has 0 saturated heterocycles. The van der Waals surface area contributed by atoms with Gasteiger partial charge in [0.25, 0.3) is 0 Å². The second kappa shape index (κ2) is 4.37. The van der Waals surface area contributed by atoms with Gasteiger partial charge in [-0.2, -0.15) is 5.10 Å². The second-order valence-electron chi connectivity index (χ2n) is 4.67. The SMILES string of the molecule is Cc1nn(C)cc1NC1CCOc2ccccc21. The molecule has 1 N–H and O–H groups in total. The van der Waals surface area contributed by atoms with E-state index in [9.17, 15) is 0 Å². The standard InChI is InChI=1S/C14H17N3O/c1-10-13(9-17(2)16-10)15-12-7-8-18-14-6-4-3-5-11(12)14/h3-6,9,12,15H,7-8H2,1-2H3. The molecule has 4 heteroatoms. The summed E-state index contributed by atoms with van der Waals surface area (Å²) in [6.45, 7) is 2.78. The highest BCUT2D eigenvalue weighted by molar-refractivity contribution is 5.50. The van der Waals surface area contributed by atoms with E-state index >= 15 is 0 Å². The number of hydrogen-bond donors (Lipinski definition) is 1. The number of nitrogens with zero attached hydrogens (tertiary/aromatic N) is 2. The predicted molar refractivity (Wildman–Crippen MR) is 70.9 cm³/mol. The summed E-state index contributed by atoms with van der Waals surface area (Å²) in [6.07, 6.45) is 3.00. The van der Waals surface area contributed by atoms with Gasteiger partial charge in [0, 0.05) is 25.2 Å². The molecule has 1 aromatic heterocycles. The maximum absolute atomic E-state index is 5.67. The minimum Gasteiger partial charge on any atom is -0.493 e. The van der Waals surface area contributed by atoms with Crippen LogP contribution in [0.3, 0.4) is 0 Å². The van der Waals surface area contributed by atoms with Crippen LogP contribution in [-0.4, -0.2) is 16.4 Å². The fourth-order valence-electron chi connectivity index (χ4n) is 2.42. The summed E-state index contributed by atoms with van der Waals surface area (Å²) in [5.74, 6) is 0.989. The molecule has 4 nitrogen and oxygen atoms in total. The molecule has 0 amide bonds. The van der Waals surface area contributed by atoms with Crippen molar-refractivity contribution < 1.29 is 4.74 Å². The zero-order valence-electron chi connectivity index (χ0n) is 10.7. The van der Waals surface area contributed by atoms with Gasteiger partial charge in [-0.05, 0) is 13.0 Å². The number of benzene rings is 1. The van der Waals surface area contributed by atoms with E-state index in [1.54, 1.807) is 0 Å². The van der Waals surface area contributed by atoms with Crippen LogP contribution in [0, 0.1) is 6.92 Å². The fraction of sp³-hybridized carbons (Fsp3) is 0.357. The molecule has 2 aromatic rings. The van der Waals surface area contributed by atoms with Gasteiger partial charge in [0.15, 0.2) is 0 Å². The molecular formula is C14H17N3O. The molecular weight excluding hydrogens is 226 g/mol. The summed E-state index contributed by atoms with van der Waals surface area (Å²) in [6, 6.07) is 8.52. The maximum atomic E-state index is 5.67. The Balaban J connectivity index is 1.88. The van der Waals surface area contributed by atoms with Gasteiger partial charge in [0.1, 0.15) is 5.75 Å². The minimum absolute atomic E-state index is 0.304. The first-order valence-corrected chi connectivity index (χ1v) is 6.22. The normalized spacial score (nSPS) is 18.0. The van der Waals surface area contributed by atoms with E-state index in [-0.39, 0.29) is 0 Å². The van der Waals surface area contributed by atoms with Crippen molar-refractivity contribution in [2.75, 3.05) is 11.9 Å². The smallest absolute Gasteiger partial charge is 0.124 e. The highest BCUT2D eigenvalue weighted by atomic mass is 16.5. The molecule has 1 atom stereocenters. The van der Waals surface area contributed by atoms with Gasteiger partial charge >= 0.3 is 0 Å².